The van der Waals surface area contributed by atoms with Gasteiger partial charge in [0.25, 0.3) is 5.91 Å². The van der Waals surface area contributed by atoms with Crippen molar-refractivity contribution in [3.05, 3.63) is 35.9 Å². The molecule has 82 valence electrons. The van der Waals surface area contributed by atoms with E-state index in [0.29, 0.717) is 16.5 Å². The lowest BCUT2D eigenvalue weighted by Gasteiger charge is -2.07. The van der Waals surface area contributed by atoms with Crippen LogP contribution in [0.1, 0.15) is 10.5 Å². The molecule has 3 N–H and O–H groups in total. The molecule has 0 radical (unpaired) electrons. The molecule has 0 bridgehead atoms. The standard InChI is InChI=1S/C11H10FN3O/c1-14-11(16)10-9-6(4-5-15-10)7(12)2-3-8(9)13/h2-5H,13H2,1H3,(H,14,16). The normalized spacial score (nSPS) is 10.4. The molecule has 1 aromatic carbocycles. The maximum Gasteiger partial charge on any atom is 0.270 e. The number of carbonyl (C=O) groups excluding carboxylic acids is 1. The van der Waals surface area contributed by atoms with Gasteiger partial charge in [-0.1, -0.05) is 0 Å². The van der Waals surface area contributed by atoms with Gasteiger partial charge in [-0.2, -0.15) is 0 Å². The van der Waals surface area contributed by atoms with E-state index in [1.54, 1.807) is 0 Å². The Labute approximate surface area is 91.3 Å². The van der Waals surface area contributed by atoms with E-state index in [0.717, 1.165) is 0 Å². The van der Waals surface area contributed by atoms with Crippen molar-refractivity contribution in [1.29, 1.82) is 0 Å². The molecule has 2 aromatic rings. The van der Waals surface area contributed by atoms with Crippen LogP contribution in [0.2, 0.25) is 0 Å². The Kier molecular flexibility index (Phi) is 2.44. The molecule has 5 heteroatoms. The summed E-state index contributed by atoms with van der Waals surface area (Å²) in [7, 11) is 1.48. The zero-order valence-electron chi connectivity index (χ0n) is 8.62. The Balaban J connectivity index is 2.86. The third kappa shape index (κ3) is 1.46. The fourth-order valence-corrected chi connectivity index (χ4v) is 1.58. The van der Waals surface area contributed by atoms with Crippen LogP contribution in [0.25, 0.3) is 10.8 Å². The highest BCUT2D eigenvalue weighted by molar-refractivity contribution is 6.09. The van der Waals surface area contributed by atoms with Gasteiger partial charge in [0, 0.05) is 29.7 Å². The second kappa shape index (κ2) is 3.77. The minimum atomic E-state index is -0.420. The van der Waals surface area contributed by atoms with E-state index in [1.165, 1.54) is 31.4 Å². The fourth-order valence-electron chi connectivity index (χ4n) is 1.58. The molecule has 0 atom stereocenters. The summed E-state index contributed by atoms with van der Waals surface area (Å²) in [6.07, 6.45) is 1.38. The van der Waals surface area contributed by atoms with Crippen LogP contribution < -0.4 is 11.1 Å². The van der Waals surface area contributed by atoms with E-state index in [1.807, 2.05) is 0 Å². The molecular weight excluding hydrogens is 209 g/mol. The number of benzene rings is 1. The lowest BCUT2D eigenvalue weighted by molar-refractivity contribution is 0.0960. The molecular formula is C11H10FN3O. The zero-order chi connectivity index (χ0) is 11.7. The molecule has 0 aliphatic carbocycles. The average Bonchev–Trinajstić information content (AvgIpc) is 2.32. The van der Waals surface area contributed by atoms with E-state index < -0.39 is 5.82 Å². The molecule has 0 aliphatic rings. The van der Waals surface area contributed by atoms with Crippen LogP contribution >= 0.6 is 0 Å². The van der Waals surface area contributed by atoms with Crippen molar-refractivity contribution in [1.82, 2.24) is 10.3 Å². The first kappa shape index (κ1) is 10.4. The Morgan fingerprint density at radius 3 is 2.88 bits per heavy atom. The van der Waals surface area contributed by atoms with Crippen molar-refractivity contribution in [2.75, 3.05) is 12.8 Å². The monoisotopic (exact) mass is 219 g/mol. The number of nitrogen functional groups attached to an aromatic ring is 1. The molecule has 0 aliphatic heterocycles. The quantitative estimate of drug-likeness (QED) is 0.711. The van der Waals surface area contributed by atoms with Gasteiger partial charge in [0.05, 0.1) is 0 Å². The molecule has 0 saturated heterocycles. The number of anilines is 1. The fraction of sp³-hybridized carbons (Fsp3) is 0.0909. The van der Waals surface area contributed by atoms with Crippen molar-refractivity contribution in [2.45, 2.75) is 0 Å². The number of hydrogen-bond acceptors (Lipinski definition) is 3. The molecule has 4 nitrogen and oxygen atoms in total. The summed E-state index contributed by atoms with van der Waals surface area (Å²) >= 11 is 0. The highest BCUT2D eigenvalue weighted by Gasteiger charge is 2.14. The molecule has 1 heterocycles. The van der Waals surface area contributed by atoms with Gasteiger partial charge in [0.1, 0.15) is 11.5 Å². The first-order chi connectivity index (χ1) is 7.65. The maximum atomic E-state index is 13.5. The van der Waals surface area contributed by atoms with E-state index in [-0.39, 0.29) is 11.6 Å². The SMILES string of the molecule is CNC(=O)c1nccc2c(F)ccc(N)c12. The minimum absolute atomic E-state index is 0.136. The Morgan fingerprint density at radius 1 is 1.44 bits per heavy atom. The number of halogens is 1. The van der Waals surface area contributed by atoms with Crippen LogP contribution in [-0.4, -0.2) is 17.9 Å². The van der Waals surface area contributed by atoms with Crippen molar-refractivity contribution in [3.63, 3.8) is 0 Å². The van der Waals surface area contributed by atoms with Gasteiger partial charge in [-0.3, -0.25) is 9.78 Å². The van der Waals surface area contributed by atoms with E-state index in [4.69, 9.17) is 5.73 Å². The largest absolute Gasteiger partial charge is 0.398 e. The first-order valence-corrected chi connectivity index (χ1v) is 4.70. The Hall–Kier alpha value is -2.17. The van der Waals surface area contributed by atoms with Crippen LogP contribution in [0, 0.1) is 5.82 Å². The first-order valence-electron chi connectivity index (χ1n) is 4.70. The topological polar surface area (TPSA) is 68.0 Å². The maximum absolute atomic E-state index is 13.5. The smallest absolute Gasteiger partial charge is 0.270 e. The number of pyridine rings is 1. The molecule has 0 saturated carbocycles. The van der Waals surface area contributed by atoms with Gasteiger partial charge in [-0.05, 0) is 18.2 Å². The van der Waals surface area contributed by atoms with Crippen LogP contribution in [0.15, 0.2) is 24.4 Å². The highest BCUT2D eigenvalue weighted by Crippen LogP contribution is 2.25. The number of aromatic nitrogens is 1. The summed E-state index contributed by atoms with van der Waals surface area (Å²) in [5, 5.41) is 3.09. The number of fused-ring (bicyclic) bond motifs is 1. The summed E-state index contributed by atoms with van der Waals surface area (Å²) in [4.78, 5) is 15.5. The van der Waals surface area contributed by atoms with Gasteiger partial charge in [0.15, 0.2) is 0 Å². The van der Waals surface area contributed by atoms with Crippen LogP contribution in [-0.2, 0) is 0 Å². The van der Waals surface area contributed by atoms with Crippen LogP contribution in [0.4, 0.5) is 10.1 Å². The van der Waals surface area contributed by atoms with Crippen LogP contribution in [0.3, 0.4) is 0 Å². The third-order valence-corrected chi connectivity index (χ3v) is 2.35. The molecule has 0 fully saturated rings. The second-order valence-electron chi connectivity index (χ2n) is 3.30. The van der Waals surface area contributed by atoms with Crippen molar-refractivity contribution < 1.29 is 9.18 Å². The lowest BCUT2D eigenvalue weighted by atomic mass is 10.1. The minimum Gasteiger partial charge on any atom is -0.398 e. The summed E-state index contributed by atoms with van der Waals surface area (Å²) in [5.41, 5.74) is 6.20. The lowest BCUT2D eigenvalue weighted by Crippen LogP contribution is -2.20. The van der Waals surface area contributed by atoms with Crippen LogP contribution in [0.5, 0.6) is 0 Å². The Bertz CT molecular complexity index is 568. The molecule has 16 heavy (non-hydrogen) atoms. The van der Waals surface area contributed by atoms with Crippen molar-refractivity contribution in [3.8, 4) is 0 Å². The van der Waals surface area contributed by atoms with Gasteiger partial charge < -0.3 is 11.1 Å². The Morgan fingerprint density at radius 2 is 2.19 bits per heavy atom. The summed E-state index contributed by atoms with van der Waals surface area (Å²) in [6, 6.07) is 4.19. The summed E-state index contributed by atoms with van der Waals surface area (Å²) in [6.45, 7) is 0. The highest BCUT2D eigenvalue weighted by atomic mass is 19.1. The molecule has 0 unspecified atom stereocenters. The van der Waals surface area contributed by atoms with E-state index >= 15 is 0 Å². The number of carbonyl (C=O) groups is 1. The molecule has 1 aromatic heterocycles. The van der Waals surface area contributed by atoms with Crippen molar-refractivity contribution >= 4 is 22.4 Å². The number of amides is 1. The summed E-state index contributed by atoms with van der Waals surface area (Å²) < 4.78 is 13.5. The van der Waals surface area contributed by atoms with Gasteiger partial charge >= 0.3 is 0 Å². The summed E-state index contributed by atoms with van der Waals surface area (Å²) in [5.74, 6) is -0.806. The number of rotatable bonds is 1. The molecule has 1 amide bonds. The van der Waals surface area contributed by atoms with Gasteiger partial charge in [0.2, 0.25) is 0 Å². The third-order valence-electron chi connectivity index (χ3n) is 2.35. The van der Waals surface area contributed by atoms with Gasteiger partial charge in [-0.25, -0.2) is 4.39 Å². The second-order valence-corrected chi connectivity index (χ2v) is 3.30. The van der Waals surface area contributed by atoms with E-state index in [9.17, 15) is 9.18 Å². The molecule has 0 spiro atoms. The number of nitrogens with two attached hydrogens (primary N) is 1. The predicted molar refractivity (Wildman–Crippen MR) is 59.5 cm³/mol. The zero-order valence-corrected chi connectivity index (χ0v) is 8.62. The van der Waals surface area contributed by atoms with E-state index in [2.05, 4.69) is 10.3 Å². The van der Waals surface area contributed by atoms with Crippen molar-refractivity contribution in [2.24, 2.45) is 0 Å². The van der Waals surface area contributed by atoms with Gasteiger partial charge in [-0.15, -0.1) is 0 Å². The average molecular weight is 219 g/mol. The number of hydrogen-bond donors (Lipinski definition) is 2. The molecule has 2 rings (SSSR count). The number of nitrogens with one attached hydrogen (secondary N) is 1. The number of nitrogens with zero attached hydrogens (tertiary/aromatic N) is 1. The predicted octanol–water partition coefficient (Wildman–Crippen LogP) is 1.32.